The Kier molecular flexibility index (Phi) is 16.6. The maximum absolute atomic E-state index is 14.0. The van der Waals surface area contributed by atoms with Crippen LogP contribution in [0.1, 0.15) is 36.0 Å². The predicted octanol–water partition coefficient (Wildman–Crippen LogP) is -6.13. The number of nitrogens with two attached hydrogens (primary N) is 1. The van der Waals surface area contributed by atoms with Gasteiger partial charge < -0.3 is 40.9 Å². The zero-order chi connectivity index (χ0) is 35.0. The molecule has 3 aromatic rings. The van der Waals surface area contributed by atoms with Crippen LogP contribution in [0.15, 0.2) is 66.7 Å². The maximum atomic E-state index is 14.0. The van der Waals surface area contributed by atoms with Gasteiger partial charge in [0.15, 0.2) is 11.6 Å². The number of carboxylic acid groups (broad SMARTS) is 2. The van der Waals surface area contributed by atoms with Crippen molar-refractivity contribution in [3.8, 4) is 5.75 Å². The molecule has 0 bridgehead atoms. The van der Waals surface area contributed by atoms with Crippen LogP contribution in [0.3, 0.4) is 0 Å². The monoisotopic (exact) mass is 682 g/mol. The summed E-state index contributed by atoms with van der Waals surface area (Å²) in [5.74, 6) is -8.16. The SMILES string of the molecule is N[C@@H](CC(=O)N[C@H]1C[C@@H](C(=O)[O-])N(C(=O)[C@H](Cc2ccc(O)cc2)N[C@@H](CCc2ccccc2)C(=O)[O-])C1)Cc1cc(F)c(F)cc1F.[Li+].[Li+]. The van der Waals surface area contributed by atoms with Crippen LogP contribution in [0.5, 0.6) is 5.75 Å². The number of nitrogens with one attached hydrogen (secondary N) is 2. The van der Waals surface area contributed by atoms with Gasteiger partial charge in [-0.2, -0.15) is 0 Å². The second-order valence-corrected chi connectivity index (χ2v) is 11.8. The summed E-state index contributed by atoms with van der Waals surface area (Å²) in [6.45, 7) is -0.260. The molecule has 11 nitrogen and oxygen atoms in total. The molecule has 3 aromatic carbocycles. The molecule has 0 saturated carbocycles. The summed E-state index contributed by atoms with van der Waals surface area (Å²) in [6, 6.07) is 10.1. The number of likely N-dealkylation sites (tertiary alicyclic amines) is 1. The first-order valence-electron chi connectivity index (χ1n) is 15.3. The number of amides is 2. The molecule has 0 aliphatic carbocycles. The number of phenolic OH excluding ortho intramolecular Hbond substituents is 1. The first-order valence-corrected chi connectivity index (χ1v) is 15.3. The molecule has 1 saturated heterocycles. The molecule has 1 aliphatic heterocycles. The van der Waals surface area contributed by atoms with Crippen molar-refractivity contribution >= 4 is 23.8 Å². The quantitative estimate of drug-likeness (QED) is 0.0894. The summed E-state index contributed by atoms with van der Waals surface area (Å²) in [5, 5.41) is 39.4. The van der Waals surface area contributed by atoms with Crippen LogP contribution >= 0.6 is 0 Å². The van der Waals surface area contributed by atoms with Crippen LogP contribution in [-0.2, 0) is 38.4 Å². The fourth-order valence-electron chi connectivity index (χ4n) is 5.76. The van der Waals surface area contributed by atoms with E-state index >= 15 is 0 Å². The number of rotatable bonds is 15. The van der Waals surface area contributed by atoms with E-state index in [1.807, 2.05) is 18.2 Å². The van der Waals surface area contributed by atoms with Crippen LogP contribution < -0.4 is 64.3 Å². The maximum Gasteiger partial charge on any atom is 1.00 e. The van der Waals surface area contributed by atoms with Gasteiger partial charge >= 0.3 is 37.7 Å². The van der Waals surface area contributed by atoms with Gasteiger partial charge in [0.1, 0.15) is 11.6 Å². The van der Waals surface area contributed by atoms with Gasteiger partial charge in [-0.3, -0.25) is 14.9 Å². The Bertz CT molecular complexity index is 1620. The number of hydrogen-bond acceptors (Lipinski definition) is 9. The average Bonchev–Trinajstić information content (AvgIpc) is 3.46. The predicted molar refractivity (Wildman–Crippen MR) is 162 cm³/mol. The Morgan fingerprint density at radius 3 is 2.14 bits per heavy atom. The Morgan fingerprint density at radius 2 is 1.52 bits per heavy atom. The molecule has 0 spiro atoms. The molecule has 1 heterocycles. The first kappa shape index (κ1) is 42.4. The molecule has 0 aromatic heterocycles. The van der Waals surface area contributed by atoms with Crippen LogP contribution in [0.4, 0.5) is 13.2 Å². The second-order valence-electron chi connectivity index (χ2n) is 11.8. The Morgan fingerprint density at radius 1 is 0.880 bits per heavy atom. The number of carbonyl (C=O) groups excluding carboxylic acids is 4. The van der Waals surface area contributed by atoms with Crippen LogP contribution in [0.25, 0.3) is 0 Å². The summed E-state index contributed by atoms with van der Waals surface area (Å²) in [6.07, 6.45) is -0.561. The number of halogens is 3. The van der Waals surface area contributed by atoms with Crippen LogP contribution in [0, 0.1) is 17.5 Å². The number of benzene rings is 3. The molecular formula is C34H35F3Li2N4O7. The average molecular weight is 683 g/mol. The van der Waals surface area contributed by atoms with Crippen molar-refractivity contribution in [2.75, 3.05) is 6.54 Å². The van der Waals surface area contributed by atoms with E-state index in [0.29, 0.717) is 24.1 Å². The fraction of sp³-hybridized carbons (Fsp3) is 0.353. The minimum atomic E-state index is -1.59. The largest absolute Gasteiger partial charge is 1.00 e. The third-order valence-electron chi connectivity index (χ3n) is 8.17. The van der Waals surface area contributed by atoms with E-state index < -0.39 is 71.4 Å². The van der Waals surface area contributed by atoms with Gasteiger partial charge in [-0.15, -0.1) is 0 Å². The smallest absolute Gasteiger partial charge is 0.548 e. The van der Waals surface area contributed by atoms with E-state index in [2.05, 4.69) is 10.6 Å². The molecule has 256 valence electrons. The van der Waals surface area contributed by atoms with Gasteiger partial charge in [0.2, 0.25) is 11.8 Å². The number of aliphatic carboxylic acids is 2. The molecule has 5 atom stereocenters. The van der Waals surface area contributed by atoms with E-state index in [0.717, 1.165) is 10.5 Å². The summed E-state index contributed by atoms with van der Waals surface area (Å²) in [5.41, 5.74) is 7.13. The van der Waals surface area contributed by atoms with Crippen molar-refractivity contribution in [1.82, 2.24) is 15.5 Å². The number of carboxylic acids is 2. The van der Waals surface area contributed by atoms with Crippen LogP contribution in [-0.4, -0.2) is 70.5 Å². The topological polar surface area (TPSA) is 188 Å². The molecule has 0 radical (unpaired) electrons. The third kappa shape index (κ3) is 11.9. The standard InChI is InChI=1S/C34H37F3N4O7.2Li/c35-25-17-27(37)26(36)14-21(25)13-22(38)15-31(43)39-23-16-30(34(47)48)41(18-23)32(44)29(12-20-6-9-24(42)10-7-20)40-28(33(45)46)11-8-19-4-2-1-3-5-19;;/h1-7,9-10,14,17,22-23,28-30,40,42H,8,11-13,15-16,18,38H2,(H,39,43)(H,45,46)(H,47,48);;/q;2*+1/p-2/t22-,23+,28+,29+,30+;;/m1../s1. The van der Waals surface area contributed by atoms with Gasteiger partial charge in [0.25, 0.3) is 0 Å². The molecule has 50 heavy (non-hydrogen) atoms. The van der Waals surface area contributed by atoms with Crippen LogP contribution in [0.2, 0.25) is 0 Å². The zero-order valence-corrected chi connectivity index (χ0v) is 27.7. The van der Waals surface area contributed by atoms with Crippen molar-refractivity contribution in [2.45, 2.75) is 68.7 Å². The van der Waals surface area contributed by atoms with Crippen molar-refractivity contribution in [1.29, 1.82) is 0 Å². The molecule has 0 unspecified atom stereocenters. The van der Waals surface area contributed by atoms with E-state index in [1.165, 1.54) is 24.3 Å². The second kappa shape index (κ2) is 19.6. The third-order valence-corrected chi connectivity index (χ3v) is 8.17. The van der Waals surface area contributed by atoms with Crippen molar-refractivity contribution < 1.29 is 85.4 Å². The molecule has 1 aliphatic rings. The van der Waals surface area contributed by atoms with E-state index in [1.54, 1.807) is 12.1 Å². The van der Waals surface area contributed by atoms with Gasteiger partial charge in [0, 0.05) is 37.2 Å². The number of carbonyl (C=O) groups is 4. The number of hydrogen-bond donors (Lipinski definition) is 4. The molecule has 2 amide bonds. The molecule has 16 heteroatoms. The molecule has 5 N–H and O–H groups in total. The van der Waals surface area contributed by atoms with Gasteiger partial charge in [-0.1, -0.05) is 42.5 Å². The number of aromatic hydroxyl groups is 1. The van der Waals surface area contributed by atoms with Crippen molar-refractivity contribution in [3.63, 3.8) is 0 Å². The molecule has 1 fully saturated rings. The minimum Gasteiger partial charge on any atom is -0.548 e. The minimum absolute atomic E-state index is 0. The molecule has 4 rings (SSSR count). The molecular weight excluding hydrogens is 647 g/mol. The van der Waals surface area contributed by atoms with E-state index in [-0.39, 0.29) is 87.7 Å². The van der Waals surface area contributed by atoms with Gasteiger partial charge in [-0.25, -0.2) is 13.2 Å². The van der Waals surface area contributed by atoms with Crippen molar-refractivity contribution in [2.24, 2.45) is 5.73 Å². The number of nitrogens with zero attached hydrogens (tertiary/aromatic N) is 1. The Balaban J connectivity index is 0.00000433. The summed E-state index contributed by atoms with van der Waals surface area (Å²) in [4.78, 5) is 52.0. The van der Waals surface area contributed by atoms with Crippen molar-refractivity contribution in [3.05, 3.63) is 101 Å². The summed E-state index contributed by atoms with van der Waals surface area (Å²) >= 11 is 0. The number of phenols is 1. The normalized spacial score (nSPS) is 17.1. The van der Waals surface area contributed by atoms with E-state index in [9.17, 15) is 47.7 Å². The fourth-order valence-corrected chi connectivity index (χ4v) is 5.76. The number of aryl methyl sites for hydroxylation is 1. The Labute approximate surface area is 311 Å². The van der Waals surface area contributed by atoms with E-state index in [4.69, 9.17) is 5.73 Å². The zero-order valence-electron chi connectivity index (χ0n) is 27.7. The Hall–Kier alpha value is -3.76. The summed E-state index contributed by atoms with van der Waals surface area (Å²) in [7, 11) is 0. The van der Waals surface area contributed by atoms with Gasteiger partial charge in [0.05, 0.1) is 24.0 Å². The first-order chi connectivity index (χ1) is 22.8. The van der Waals surface area contributed by atoms with Gasteiger partial charge in [-0.05, 0) is 67.0 Å². The summed E-state index contributed by atoms with van der Waals surface area (Å²) < 4.78 is 40.9.